The first-order valence-electron chi connectivity index (χ1n) is 6.85. The van der Waals surface area contributed by atoms with E-state index in [0.29, 0.717) is 11.4 Å². The van der Waals surface area contributed by atoms with E-state index in [9.17, 15) is 8.42 Å². The molecule has 3 rings (SSSR count). The number of nitrogens with one attached hydrogen (secondary N) is 2. The average Bonchev–Trinajstić information content (AvgIpc) is 3.04. The number of hydrogen-bond acceptors (Lipinski definition) is 7. The molecule has 0 amide bonds. The highest BCUT2D eigenvalue weighted by Crippen LogP contribution is 2.19. The van der Waals surface area contributed by atoms with Gasteiger partial charge in [0.05, 0.1) is 4.90 Å². The summed E-state index contributed by atoms with van der Waals surface area (Å²) in [6, 6.07) is 6.36. The van der Waals surface area contributed by atoms with E-state index in [-0.39, 0.29) is 10.9 Å². The van der Waals surface area contributed by atoms with Gasteiger partial charge in [-0.15, -0.1) is 10.2 Å². The van der Waals surface area contributed by atoms with Gasteiger partial charge in [-0.05, 0) is 42.3 Å². The van der Waals surface area contributed by atoms with Gasteiger partial charge < -0.3 is 0 Å². The van der Waals surface area contributed by atoms with Gasteiger partial charge in [0.25, 0.3) is 0 Å². The zero-order valence-electron chi connectivity index (χ0n) is 11.7. The minimum Gasteiger partial charge on any atom is -0.253 e. The quantitative estimate of drug-likeness (QED) is 0.699. The van der Waals surface area contributed by atoms with E-state index in [2.05, 4.69) is 38.2 Å². The lowest BCUT2D eigenvalue weighted by Crippen LogP contribution is -2.41. The first kappa shape index (κ1) is 15.4. The number of tetrazole rings is 1. The number of piperidine rings is 1. The Morgan fingerprint density at radius 2 is 1.91 bits per heavy atom. The average molecular weight is 340 g/mol. The van der Waals surface area contributed by atoms with E-state index in [0.717, 1.165) is 25.9 Å². The molecule has 1 aliphatic rings. The molecule has 0 spiro atoms. The number of thiol groups is 1. The van der Waals surface area contributed by atoms with Gasteiger partial charge in [0.15, 0.2) is 0 Å². The van der Waals surface area contributed by atoms with Crippen LogP contribution in [0.5, 0.6) is 0 Å². The van der Waals surface area contributed by atoms with Crippen LogP contribution in [0.2, 0.25) is 0 Å². The third kappa shape index (κ3) is 3.46. The highest BCUT2D eigenvalue weighted by molar-refractivity contribution is 7.89. The van der Waals surface area contributed by atoms with Crippen molar-refractivity contribution in [3.8, 4) is 11.4 Å². The van der Waals surface area contributed by atoms with E-state index in [1.54, 1.807) is 24.3 Å². The Kier molecular flexibility index (Phi) is 4.43. The molecule has 0 bridgehead atoms. The van der Waals surface area contributed by atoms with Gasteiger partial charge in [-0.1, -0.05) is 12.8 Å². The lowest BCUT2D eigenvalue weighted by Gasteiger charge is -2.28. The van der Waals surface area contributed by atoms with Crippen molar-refractivity contribution in [2.75, 3.05) is 13.1 Å². The zero-order chi connectivity index (χ0) is 15.6. The van der Waals surface area contributed by atoms with Crippen LogP contribution in [0.15, 0.2) is 29.2 Å². The van der Waals surface area contributed by atoms with Crippen molar-refractivity contribution in [2.45, 2.75) is 23.8 Å². The number of nitrogens with zero attached hydrogens (tertiary/aromatic N) is 4. The van der Waals surface area contributed by atoms with Gasteiger partial charge in [-0.25, -0.2) is 13.1 Å². The minimum atomic E-state index is -3.52. The summed E-state index contributed by atoms with van der Waals surface area (Å²) in [5, 5.41) is 13.5. The molecule has 2 aromatic rings. The number of aromatic nitrogens is 4. The molecule has 0 atom stereocenters. The summed E-state index contributed by atoms with van der Waals surface area (Å²) >= 11 is 4.26. The molecular weight excluding hydrogens is 324 g/mol. The Labute approximate surface area is 133 Å². The molecule has 0 saturated carbocycles. The lowest BCUT2D eigenvalue weighted by atomic mass is 10.1. The molecule has 8 nitrogen and oxygen atoms in total. The number of hydrogen-bond donors (Lipinski definition) is 3. The predicted molar refractivity (Wildman–Crippen MR) is 83.5 cm³/mol. The lowest BCUT2D eigenvalue weighted by molar-refractivity contribution is 0.334. The van der Waals surface area contributed by atoms with E-state index in [1.807, 2.05) is 4.31 Å². The van der Waals surface area contributed by atoms with E-state index >= 15 is 0 Å². The third-order valence-corrected chi connectivity index (χ3v) is 5.50. The highest BCUT2D eigenvalue weighted by Gasteiger charge is 2.23. The molecule has 118 valence electrons. The second kappa shape index (κ2) is 6.32. The van der Waals surface area contributed by atoms with Gasteiger partial charge in [-0.3, -0.25) is 4.31 Å². The Hall–Kier alpha value is -1.49. The molecule has 1 fully saturated rings. The van der Waals surface area contributed by atoms with Crippen molar-refractivity contribution in [3.05, 3.63) is 24.3 Å². The summed E-state index contributed by atoms with van der Waals surface area (Å²) in [6.45, 7) is 1.54. The summed E-state index contributed by atoms with van der Waals surface area (Å²) in [5.41, 5.74) is 0.705. The molecular formula is C12H16N6O2S2. The Bertz CT molecular complexity index is 709. The molecule has 1 aromatic heterocycles. The summed E-state index contributed by atoms with van der Waals surface area (Å²) in [6.07, 6.45) is 1.51. The van der Waals surface area contributed by atoms with Crippen LogP contribution in [0.1, 0.15) is 12.8 Å². The van der Waals surface area contributed by atoms with Crippen molar-refractivity contribution in [1.29, 1.82) is 0 Å². The maximum atomic E-state index is 12.4. The van der Waals surface area contributed by atoms with Crippen molar-refractivity contribution in [1.82, 2.24) is 29.7 Å². The van der Waals surface area contributed by atoms with Crippen LogP contribution >= 0.6 is 12.8 Å². The number of sulfonamides is 1. The summed E-state index contributed by atoms with van der Waals surface area (Å²) in [4.78, 5) is 0.230. The van der Waals surface area contributed by atoms with Crippen LogP contribution < -0.4 is 4.72 Å². The first-order chi connectivity index (χ1) is 10.5. The maximum Gasteiger partial charge on any atom is 0.240 e. The normalized spacial score (nSPS) is 17.7. The fourth-order valence-electron chi connectivity index (χ4n) is 2.34. The highest BCUT2D eigenvalue weighted by atomic mass is 32.2. The Morgan fingerprint density at radius 3 is 2.50 bits per heavy atom. The minimum absolute atomic E-state index is 0.0507. The van der Waals surface area contributed by atoms with Crippen LogP contribution in [-0.2, 0) is 10.0 Å². The standard InChI is InChI=1S/C12H16N6O2S2/c19-22(20,15-10-5-7-18(21)8-6-10)11-3-1-9(2-4-11)12-13-16-17-14-12/h1-4,10,15,21H,5-8H2,(H,13,14,16,17). The van der Waals surface area contributed by atoms with Crippen molar-refractivity contribution >= 4 is 22.8 Å². The summed E-state index contributed by atoms with van der Waals surface area (Å²) in [7, 11) is -3.52. The van der Waals surface area contributed by atoms with E-state index < -0.39 is 10.0 Å². The number of rotatable bonds is 4. The summed E-state index contributed by atoms with van der Waals surface area (Å²) < 4.78 is 29.4. The second-order valence-corrected chi connectivity index (χ2v) is 7.39. The Morgan fingerprint density at radius 1 is 1.23 bits per heavy atom. The van der Waals surface area contributed by atoms with Crippen LogP contribution in [0.4, 0.5) is 0 Å². The van der Waals surface area contributed by atoms with Gasteiger partial charge in [0, 0.05) is 24.7 Å². The molecule has 1 saturated heterocycles. The molecule has 10 heteroatoms. The zero-order valence-corrected chi connectivity index (χ0v) is 13.4. The fourth-order valence-corrected chi connectivity index (χ4v) is 3.87. The SMILES string of the molecule is O=S(=O)(NC1CCN(S)CC1)c1ccc(-c2nn[nH]n2)cc1. The van der Waals surface area contributed by atoms with Crippen LogP contribution in [0, 0.1) is 0 Å². The third-order valence-electron chi connectivity index (χ3n) is 3.56. The fraction of sp³-hybridized carbons (Fsp3) is 0.417. The van der Waals surface area contributed by atoms with Crippen molar-refractivity contribution in [3.63, 3.8) is 0 Å². The smallest absolute Gasteiger partial charge is 0.240 e. The van der Waals surface area contributed by atoms with Crippen LogP contribution in [0.25, 0.3) is 11.4 Å². The first-order valence-corrected chi connectivity index (χ1v) is 8.73. The molecule has 0 aliphatic carbocycles. The van der Waals surface area contributed by atoms with Gasteiger partial charge in [0.2, 0.25) is 15.8 Å². The second-order valence-electron chi connectivity index (χ2n) is 5.11. The van der Waals surface area contributed by atoms with Crippen LogP contribution in [-0.4, -0.2) is 52.5 Å². The number of H-pyrrole nitrogens is 1. The number of aromatic amines is 1. The topological polar surface area (TPSA) is 104 Å². The van der Waals surface area contributed by atoms with Crippen molar-refractivity contribution in [2.24, 2.45) is 0 Å². The van der Waals surface area contributed by atoms with Crippen LogP contribution in [0.3, 0.4) is 0 Å². The molecule has 2 N–H and O–H groups in total. The maximum absolute atomic E-state index is 12.4. The van der Waals surface area contributed by atoms with Gasteiger partial charge in [0.1, 0.15) is 0 Å². The molecule has 0 unspecified atom stereocenters. The molecule has 2 heterocycles. The molecule has 1 aromatic carbocycles. The molecule has 22 heavy (non-hydrogen) atoms. The molecule has 0 radical (unpaired) electrons. The van der Waals surface area contributed by atoms with Crippen molar-refractivity contribution < 1.29 is 8.42 Å². The molecule has 1 aliphatic heterocycles. The largest absolute Gasteiger partial charge is 0.253 e. The predicted octanol–water partition coefficient (Wildman–Crippen LogP) is 0.454. The van der Waals surface area contributed by atoms with E-state index in [4.69, 9.17) is 0 Å². The monoisotopic (exact) mass is 340 g/mol. The number of benzene rings is 1. The summed E-state index contributed by atoms with van der Waals surface area (Å²) in [5.74, 6) is 0.429. The Balaban J connectivity index is 1.72. The van der Waals surface area contributed by atoms with E-state index in [1.165, 1.54) is 0 Å². The van der Waals surface area contributed by atoms with Gasteiger partial charge >= 0.3 is 0 Å². The van der Waals surface area contributed by atoms with Gasteiger partial charge in [-0.2, -0.15) is 5.21 Å².